The fourth-order valence-electron chi connectivity index (χ4n) is 2.19. The highest BCUT2D eigenvalue weighted by atomic mass is 79.9. The number of halogens is 2. The molecule has 0 aliphatic carbocycles. The van der Waals surface area contributed by atoms with E-state index in [-0.39, 0.29) is 5.56 Å². The van der Waals surface area contributed by atoms with Crippen LogP contribution in [-0.2, 0) is 14.3 Å². The number of aliphatic hydroxyl groups is 1. The van der Waals surface area contributed by atoms with E-state index in [9.17, 15) is 19.1 Å². The van der Waals surface area contributed by atoms with E-state index >= 15 is 0 Å². The van der Waals surface area contributed by atoms with Gasteiger partial charge in [-0.1, -0.05) is 30.3 Å². The van der Waals surface area contributed by atoms with Crippen molar-refractivity contribution in [1.29, 1.82) is 0 Å². The largest absolute Gasteiger partial charge is 0.456 e. The summed E-state index contributed by atoms with van der Waals surface area (Å²) < 4.78 is 22.7. The van der Waals surface area contributed by atoms with Crippen LogP contribution in [0.3, 0.4) is 0 Å². The van der Waals surface area contributed by atoms with Crippen molar-refractivity contribution in [3.63, 3.8) is 0 Å². The van der Waals surface area contributed by atoms with E-state index in [0.29, 0.717) is 0 Å². The molecule has 21 heavy (non-hydrogen) atoms. The molecule has 1 aromatic carbocycles. The zero-order chi connectivity index (χ0) is 15.6. The van der Waals surface area contributed by atoms with E-state index < -0.39 is 41.2 Å². The van der Waals surface area contributed by atoms with Crippen molar-refractivity contribution in [1.82, 2.24) is 0 Å². The third-order valence-corrected chi connectivity index (χ3v) is 4.14. The maximum atomic E-state index is 14.6. The minimum absolute atomic E-state index is 0.247. The maximum absolute atomic E-state index is 14.6. The number of hydrogen-bond acceptors (Lipinski definition) is 5. The van der Waals surface area contributed by atoms with E-state index in [1.165, 1.54) is 12.1 Å². The zero-order valence-electron chi connectivity index (χ0n) is 11.2. The standard InChI is InChI=1S/C14H14BrFO5/c1-8(18)20-11-10(7-17)21-14(15,12(11)16)13(19)9-5-3-2-4-6-9/h2-6,10-12,17H,7H2,1H3/t10-,11-,12+,14?/m1/s1. The number of carbonyl (C=O) groups excluding carboxylic acids is 2. The molecule has 1 unspecified atom stereocenters. The first kappa shape index (κ1) is 16.1. The Labute approximate surface area is 129 Å². The van der Waals surface area contributed by atoms with Crippen LogP contribution >= 0.6 is 15.9 Å². The van der Waals surface area contributed by atoms with E-state index in [1.54, 1.807) is 18.2 Å². The van der Waals surface area contributed by atoms with Crippen molar-refractivity contribution in [2.45, 2.75) is 29.8 Å². The van der Waals surface area contributed by atoms with Crippen molar-refractivity contribution in [3.05, 3.63) is 35.9 Å². The van der Waals surface area contributed by atoms with Crippen molar-refractivity contribution in [2.24, 2.45) is 0 Å². The van der Waals surface area contributed by atoms with E-state index in [4.69, 9.17) is 9.47 Å². The van der Waals surface area contributed by atoms with Crippen LogP contribution in [0.15, 0.2) is 30.3 Å². The average molecular weight is 361 g/mol. The number of rotatable bonds is 4. The van der Waals surface area contributed by atoms with Crippen LogP contribution in [0.25, 0.3) is 0 Å². The van der Waals surface area contributed by atoms with Crippen molar-refractivity contribution < 1.29 is 28.6 Å². The summed E-state index contributed by atoms with van der Waals surface area (Å²) in [6, 6.07) is 8.04. The molecule has 1 saturated heterocycles. The molecule has 0 saturated carbocycles. The Balaban J connectivity index is 2.30. The number of Topliss-reactive ketones (excluding diaryl/α,β-unsaturated/α-hetero) is 1. The number of aliphatic hydroxyl groups excluding tert-OH is 1. The lowest BCUT2D eigenvalue weighted by molar-refractivity contribution is -0.152. The normalized spacial score (nSPS) is 31.9. The predicted octanol–water partition coefficient (Wildman–Crippen LogP) is 1.62. The summed E-state index contributed by atoms with van der Waals surface area (Å²) in [5.41, 5.74) is 0.247. The fourth-order valence-corrected chi connectivity index (χ4v) is 2.92. The highest BCUT2D eigenvalue weighted by Gasteiger charge is 2.60. The minimum atomic E-state index is -1.98. The van der Waals surface area contributed by atoms with Gasteiger partial charge in [-0.3, -0.25) is 9.59 Å². The van der Waals surface area contributed by atoms with Crippen molar-refractivity contribution in [3.8, 4) is 0 Å². The molecule has 0 radical (unpaired) electrons. The Hall–Kier alpha value is -1.31. The molecule has 5 nitrogen and oxygen atoms in total. The Kier molecular flexibility index (Phi) is 4.75. The van der Waals surface area contributed by atoms with E-state index in [2.05, 4.69) is 15.9 Å². The molecule has 1 aliphatic rings. The van der Waals surface area contributed by atoms with E-state index in [1.807, 2.05) is 0 Å². The molecule has 114 valence electrons. The molecule has 0 spiro atoms. The molecule has 1 aromatic rings. The average Bonchev–Trinajstić information content (AvgIpc) is 2.72. The maximum Gasteiger partial charge on any atom is 0.303 e. The number of ether oxygens (including phenoxy) is 2. The first-order chi connectivity index (χ1) is 9.90. The lowest BCUT2D eigenvalue weighted by Gasteiger charge is -2.22. The molecule has 1 N–H and O–H groups in total. The van der Waals surface area contributed by atoms with Gasteiger partial charge in [0, 0.05) is 12.5 Å². The molecular weight excluding hydrogens is 347 g/mol. The van der Waals surface area contributed by atoms with Crippen LogP contribution < -0.4 is 0 Å². The lowest BCUT2D eigenvalue weighted by Crippen LogP contribution is -2.43. The predicted molar refractivity (Wildman–Crippen MR) is 74.8 cm³/mol. The highest BCUT2D eigenvalue weighted by Crippen LogP contribution is 2.42. The van der Waals surface area contributed by atoms with Crippen LogP contribution in [0.5, 0.6) is 0 Å². The molecule has 4 atom stereocenters. The summed E-state index contributed by atoms with van der Waals surface area (Å²) in [6.45, 7) is 0.544. The number of esters is 1. The van der Waals surface area contributed by atoms with Gasteiger partial charge in [-0.25, -0.2) is 4.39 Å². The number of carbonyl (C=O) groups is 2. The molecular formula is C14H14BrFO5. The van der Waals surface area contributed by atoms with Gasteiger partial charge in [-0.15, -0.1) is 0 Å². The van der Waals surface area contributed by atoms with Gasteiger partial charge in [-0.2, -0.15) is 0 Å². The number of hydrogen-bond donors (Lipinski definition) is 1. The van der Waals surface area contributed by atoms with Gasteiger partial charge in [-0.05, 0) is 15.9 Å². The zero-order valence-corrected chi connectivity index (χ0v) is 12.7. The summed E-state index contributed by atoms with van der Waals surface area (Å²) in [4.78, 5) is 23.5. The van der Waals surface area contributed by atoms with Crippen molar-refractivity contribution >= 4 is 27.7 Å². The van der Waals surface area contributed by atoms with Gasteiger partial charge in [0.15, 0.2) is 12.3 Å². The Morgan fingerprint density at radius 3 is 2.57 bits per heavy atom. The van der Waals surface area contributed by atoms with Gasteiger partial charge in [0.2, 0.25) is 10.3 Å². The molecule has 0 bridgehead atoms. The summed E-state index contributed by atoms with van der Waals surface area (Å²) >= 11 is 2.98. The Morgan fingerprint density at radius 2 is 2.05 bits per heavy atom. The van der Waals surface area contributed by atoms with Crippen molar-refractivity contribution in [2.75, 3.05) is 6.61 Å². The Morgan fingerprint density at radius 1 is 1.43 bits per heavy atom. The quantitative estimate of drug-likeness (QED) is 0.501. The highest BCUT2D eigenvalue weighted by molar-refractivity contribution is 9.10. The second-order valence-electron chi connectivity index (χ2n) is 4.65. The monoisotopic (exact) mass is 360 g/mol. The van der Waals surface area contributed by atoms with Crippen LogP contribution in [0.1, 0.15) is 17.3 Å². The number of ketones is 1. The topological polar surface area (TPSA) is 72.8 Å². The molecule has 1 heterocycles. The molecule has 1 fully saturated rings. The second kappa shape index (κ2) is 6.21. The first-order valence-electron chi connectivity index (χ1n) is 6.29. The molecule has 1 aliphatic heterocycles. The lowest BCUT2D eigenvalue weighted by atomic mass is 10.0. The van der Waals surface area contributed by atoms with Crippen LogP contribution in [0, 0.1) is 0 Å². The SMILES string of the molecule is CC(=O)O[C@@H]1[C@@H](CO)OC(Br)(C(=O)c2ccccc2)[C@H]1F. The third kappa shape index (κ3) is 3.00. The molecule has 2 rings (SSSR count). The van der Waals surface area contributed by atoms with Gasteiger partial charge in [0.25, 0.3) is 0 Å². The van der Waals surface area contributed by atoms with Crippen LogP contribution in [-0.4, -0.2) is 46.4 Å². The smallest absolute Gasteiger partial charge is 0.303 e. The van der Waals surface area contributed by atoms with Crippen LogP contribution in [0.4, 0.5) is 4.39 Å². The second-order valence-corrected chi connectivity index (χ2v) is 5.83. The third-order valence-electron chi connectivity index (χ3n) is 3.16. The van der Waals surface area contributed by atoms with Crippen LogP contribution in [0.2, 0.25) is 0 Å². The summed E-state index contributed by atoms with van der Waals surface area (Å²) in [5.74, 6) is -1.35. The fraction of sp³-hybridized carbons (Fsp3) is 0.429. The van der Waals surface area contributed by atoms with Gasteiger partial charge >= 0.3 is 5.97 Å². The Bertz CT molecular complexity index is 537. The first-order valence-corrected chi connectivity index (χ1v) is 7.08. The van der Waals surface area contributed by atoms with Gasteiger partial charge in [0.05, 0.1) is 6.61 Å². The number of alkyl halides is 2. The van der Waals surface area contributed by atoms with E-state index in [0.717, 1.165) is 6.92 Å². The summed E-state index contributed by atoms with van der Waals surface area (Å²) in [6.07, 6.45) is -4.40. The van der Waals surface area contributed by atoms with Gasteiger partial charge in [0.1, 0.15) is 6.10 Å². The summed E-state index contributed by atoms with van der Waals surface area (Å²) in [7, 11) is 0. The minimum Gasteiger partial charge on any atom is -0.456 e. The molecule has 7 heteroatoms. The summed E-state index contributed by atoms with van der Waals surface area (Å²) in [5, 5.41) is 9.24. The molecule has 0 aromatic heterocycles. The number of benzene rings is 1. The van der Waals surface area contributed by atoms with Gasteiger partial charge < -0.3 is 14.6 Å². The molecule has 0 amide bonds.